The van der Waals surface area contributed by atoms with E-state index in [2.05, 4.69) is 41.5 Å². The predicted molar refractivity (Wildman–Crippen MR) is 412 cm³/mol. The Morgan fingerprint density at radius 1 is 0.411 bits per heavy atom. The van der Waals surface area contributed by atoms with Crippen molar-refractivity contribution in [3.8, 4) is 0 Å². The lowest BCUT2D eigenvalue weighted by Crippen LogP contribution is -2.53. The smallest absolute Gasteiger partial charge is 0.285 e. The lowest BCUT2D eigenvalue weighted by atomic mass is 9.75. The Balaban J connectivity index is 0.000000225. The third kappa shape index (κ3) is 21.4. The van der Waals surface area contributed by atoms with Gasteiger partial charge >= 0.3 is 0 Å². The fourth-order valence-electron chi connectivity index (χ4n) is 19.1. The zero-order chi connectivity index (χ0) is 81.0. The van der Waals surface area contributed by atoms with Gasteiger partial charge in [0.15, 0.2) is 17.3 Å². The van der Waals surface area contributed by atoms with Gasteiger partial charge in [-0.05, 0) is 135 Å². The maximum absolute atomic E-state index is 14.2. The number of amides is 6. The molecule has 21 heteroatoms. The summed E-state index contributed by atoms with van der Waals surface area (Å²) in [5, 5.41) is 10.4. The number of carbonyl (C=O) groups excluding carboxylic acids is 13. The predicted octanol–water partition coefficient (Wildman–Crippen LogP) is 11.8. The van der Waals surface area contributed by atoms with Crippen LogP contribution in [0, 0.1) is 107 Å². The molecular weight excluding hydrogens is 1350 g/mol. The molecule has 6 amide bonds. The minimum atomic E-state index is -1.33. The molecule has 9 rings (SSSR count). The first-order valence-corrected chi connectivity index (χ1v) is 40.6. The van der Waals surface area contributed by atoms with Gasteiger partial charge in [-0.3, -0.25) is 62.3 Å². The van der Waals surface area contributed by atoms with Crippen molar-refractivity contribution < 1.29 is 67.4 Å². The first-order chi connectivity index (χ1) is 48.7. The number of Topliss-reactive ketones (excluding diaryl/α,β-unsaturated/α-hetero) is 7. The van der Waals surface area contributed by atoms with E-state index in [1.807, 2.05) is 104 Å². The van der Waals surface area contributed by atoms with Gasteiger partial charge in [-0.1, -0.05) is 203 Å². The zero-order valence-corrected chi connectivity index (χ0v) is 69.7. The standard InChI is InChI=1S/2C31H50N2O5.C24H41N3O4/c2*1-28(2,3)15-21(34)14-22(29(4,5)6)27(38)33-18-31(17-30(31,7)8)16-23(33)24(35)13-20(25(36)26(32)37)12-19-10-9-11-19;1-22(2,3)19(25)21(31)27-13-24(12-23(24,4)5)11-16(27)17(28)10-15(18(29)20(26)30)9-14-7-6-8-14/h2*19-20,22-23H,9-18H2,1-8H3,(H2,32,37);14-16,18-19,29H,6-13,25H2,1-5H3,(H2,26,30)/t20?,22-,23?,31?;20?,22-,23+,31?;15?,16?,18?,19-,24?/m111/s1. The Morgan fingerprint density at radius 2 is 0.692 bits per heavy atom. The Kier molecular flexibility index (Phi) is 26.7. The average molecular weight is 1500 g/mol. The van der Waals surface area contributed by atoms with Crippen molar-refractivity contribution in [1.82, 2.24) is 14.7 Å². The van der Waals surface area contributed by atoms with Crippen LogP contribution in [0.2, 0.25) is 0 Å². The van der Waals surface area contributed by atoms with Crippen LogP contribution in [0.15, 0.2) is 0 Å². The van der Waals surface area contributed by atoms with E-state index in [1.165, 1.54) is 0 Å². The largest absolute Gasteiger partial charge is 0.383 e. The molecule has 9 fully saturated rings. The van der Waals surface area contributed by atoms with Gasteiger partial charge in [0.05, 0.1) is 24.2 Å². The number of aliphatic hydroxyl groups excluding tert-OH is 1. The minimum Gasteiger partial charge on any atom is -0.383 e. The highest BCUT2D eigenvalue weighted by atomic mass is 16.3. The summed E-state index contributed by atoms with van der Waals surface area (Å²) >= 11 is 0. The summed E-state index contributed by atoms with van der Waals surface area (Å²) in [4.78, 5) is 174. The number of nitrogens with zero attached hydrogens (tertiary/aromatic N) is 3. The highest BCUT2D eigenvalue weighted by Gasteiger charge is 2.70. The summed E-state index contributed by atoms with van der Waals surface area (Å²) in [6.45, 7) is 44.3. The third-order valence-electron chi connectivity index (χ3n) is 27.6. The van der Waals surface area contributed by atoms with E-state index in [0.717, 1.165) is 77.0 Å². The van der Waals surface area contributed by atoms with Crippen molar-refractivity contribution in [3.63, 3.8) is 0 Å². The third-order valence-corrected chi connectivity index (χ3v) is 27.6. The molecule has 3 saturated heterocycles. The molecule has 0 aromatic rings. The molecular formula is C86H141N7O14. The van der Waals surface area contributed by atoms with Gasteiger partial charge in [-0.25, -0.2) is 0 Å². The molecule has 3 heterocycles. The summed E-state index contributed by atoms with van der Waals surface area (Å²) in [6.07, 6.45) is 15.4. The fourth-order valence-corrected chi connectivity index (χ4v) is 19.1. The van der Waals surface area contributed by atoms with Crippen LogP contribution in [-0.4, -0.2) is 146 Å². The molecule has 3 spiro atoms. The van der Waals surface area contributed by atoms with Crippen LogP contribution in [-0.2, 0) is 62.3 Å². The normalized spacial score (nSPS) is 27.7. The first-order valence-electron chi connectivity index (χ1n) is 40.6. The van der Waals surface area contributed by atoms with Gasteiger partial charge in [0.2, 0.25) is 35.2 Å². The van der Waals surface area contributed by atoms with Crippen molar-refractivity contribution in [2.24, 2.45) is 130 Å². The molecule has 21 nitrogen and oxygen atoms in total. The van der Waals surface area contributed by atoms with Gasteiger partial charge in [-0.2, -0.15) is 0 Å². The van der Waals surface area contributed by atoms with Gasteiger partial charge in [0, 0.05) is 94.2 Å². The van der Waals surface area contributed by atoms with E-state index in [-0.39, 0.29) is 122 Å². The molecule has 0 radical (unpaired) electrons. The topological polar surface area (TPSA) is 356 Å². The monoisotopic (exact) mass is 1500 g/mol. The molecule has 0 bridgehead atoms. The van der Waals surface area contributed by atoms with Crippen LogP contribution in [0.5, 0.6) is 0 Å². The molecule has 604 valence electrons. The minimum absolute atomic E-state index is 0.0220. The first kappa shape index (κ1) is 88.6. The number of rotatable bonds is 30. The molecule has 3 aliphatic heterocycles. The number of likely N-dealkylation sites (tertiary alicyclic amines) is 3. The van der Waals surface area contributed by atoms with Gasteiger partial charge in [-0.15, -0.1) is 0 Å². The highest BCUT2D eigenvalue weighted by Crippen LogP contribution is 2.71. The van der Waals surface area contributed by atoms with Crippen LogP contribution >= 0.6 is 0 Å². The number of hydrogen-bond donors (Lipinski definition) is 5. The van der Waals surface area contributed by atoms with Crippen LogP contribution in [0.1, 0.15) is 306 Å². The van der Waals surface area contributed by atoms with Crippen LogP contribution < -0.4 is 22.9 Å². The van der Waals surface area contributed by atoms with E-state index in [9.17, 15) is 67.4 Å². The molecule has 6 saturated carbocycles. The van der Waals surface area contributed by atoms with Gasteiger partial charge in [0.1, 0.15) is 17.7 Å². The van der Waals surface area contributed by atoms with Crippen molar-refractivity contribution in [1.29, 1.82) is 0 Å². The fraction of sp³-hybridized carbons (Fsp3) is 0.849. The van der Waals surface area contributed by atoms with Gasteiger partial charge < -0.3 is 42.7 Å². The van der Waals surface area contributed by atoms with Crippen molar-refractivity contribution in [2.45, 2.75) is 336 Å². The molecule has 0 aromatic carbocycles. The average Bonchev–Trinajstić information content (AvgIpc) is 1.55. The number of hydrogen-bond acceptors (Lipinski definition) is 15. The maximum atomic E-state index is 14.2. The number of primary amides is 3. The number of carbonyl (C=O) groups is 13. The molecule has 0 aromatic heterocycles. The summed E-state index contributed by atoms with van der Waals surface area (Å²) in [6, 6.07) is -2.53. The molecule has 9 aliphatic rings. The molecule has 9 N–H and O–H groups in total. The van der Waals surface area contributed by atoms with Crippen molar-refractivity contribution in [3.05, 3.63) is 0 Å². The van der Waals surface area contributed by atoms with E-state index in [1.54, 1.807) is 14.7 Å². The lowest BCUT2D eigenvalue weighted by Gasteiger charge is -2.35. The SMILES string of the molecule is CC(C)(C)CC(=O)C[C@H](C(=O)N1CC2(CC1C(=O)CC(CC1CCC1)C(=O)C(N)=O)CC2(C)C)C(C)(C)C.CC(C)(C)CC(=O)C[C@H](C(=O)N1CC2(C[C@H]1C(=O)CC(CC1CCC1)C(=O)C(N)=O)CC2(C)C)C(C)(C)C.CC(C)(C)[C@H](N)C(=O)N1CC2(CC1C(=O)CC(CC1CCC1)C(O)C(N)=O)CC2(C)C. The van der Waals surface area contributed by atoms with E-state index in [4.69, 9.17) is 22.9 Å². The second kappa shape index (κ2) is 32.3. The number of nitrogens with two attached hydrogens (primary N) is 4. The quantitative estimate of drug-likeness (QED) is 0.0417. The molecule has 6 aliphatic carbocycles. The molecule has 9 unspecified atom stereocenters. The van der Waals surface area contributed by atoms with Crippen LogP contribution in [0.3, 0.4) is 0 Å². The van der Waals surface area contributed by atoms with E-state index >= 15 is 0 Å². The van der Waals surface area contributed by atoms with E-state index in [0.29, 0.717) is 88.8 Å². The second-order valence-electron chi connectivity index (χ2n) is 43.3. The zero-order valence-electron chi connectivity index (χ0n) is 69.7. The second-order valence-corrected chi connectivity index (χ2v) is 43.3. The summed E-state index contributed by atoms with van der Waals surface area (Å²) in [5.41, 5.74) is 20.5. The maximum Gasteiger partial charge on any atom is 0.285 e. The van der Waals surface area contributed by atoms with Crippen molar-refractivity contribution >= 4 is 75.9 Å². The Labute approximate surface area is 640 Å². The Morgan fingerprint density at radius 3 is 0.925 bits per heavy atom. The van der Waals surface area contributed by atoms with Crippen molar-refractivity contribution in [2.75, 3.05) is 19.6 Å². The van der Waals surface area contributed by atoms with Gasteiger partial charge in [0.25, 0.3) is 11.8 Å². The summed E-state index contributed by atoms with van der Waals surface area (Å²) < 4.78 is 0. The number of ketones is 7. The molecule has 107 heavy (non-hydrogen) atoms. The molecule has 13 atom stereocenters. The highest BCUT2D eigenvalue weighted by molar-refractivity contribution is 6.37. The Hall–Kier alpha value is -5.57. The lowest BCUT2D eigenvalue weighted by molar-refractivity contribution is -0.147. The summed E-state index contributed by atoms with van der Waals surface area (Å²) in [5.74, 6) is -6.81. The van der Waals surface area contributed by atoms with E-state index < -0.39 is 105 Å². The number of aliphatic hydroxyl groups is 1. The Bertz CT molecular complexity index is 3240. The van der Waals surface area contributed by atoms with Crippen LogP contribution in [0.25, 0.3) is 0 Å². The summed E-state index contributed by atoms with van der Waals surface area (Å²) in [7, 11) is 0. The van der Waals surface area contributed by atoms with Crippen LogP contribution in [0.4, 0.5) is 0 Å².